The molecule has 2 rings (SSSR count). The first kappa shape index (κ1) is 15.3. The summed E-state index contributed by atoms with van der Waals surface area (Å²) in [6.45, 7) is 2.83. The summed E-state index contributed by atoms with van der Waals surface area (Å²) in [5, 5.41) is 3.32. The minimum atomic E-state index is 0.247. The summed E-state index contributed by atoms with van der Waals surface area (Å²) < 4.78 is 5.21. The van der Waals surface area contributed by atoms with Crippen LogP contribution in [0.1, 0.15) is 17.2 Å². The molecule has 0 bridgehead atoms. The molecule has 0 saturated heterocycles. The van der Waals surface area contributed by atoms with E-state index in [4.69, 9.17) is 4.74 Å². The second-order valence-electron chi connectivity index (χ2n) is 5.19. The molecule has 0 radical (unpaired) electrons. The number of ether oxygens (including phenoxy) is 1. The lowest BCUT2D eigenvalue weighted by Crippen LogP contribution is -2.27. The highest BCUT2D eigenvalue weighted by Gasteiger charge is 2.15. The van der Waals surface area contributed by atoms with Gasteiger partial charge in [-0.15, -0.1) is 0 Å². The number of anilines is 1. The Morgan fingerprint density at radius 2 is 2.00 bits per heavy atom. The van der Waals surface area contributed by atoms with Gasteiger partial charge in [0.05, 0.1) is 13.2 Å². The number of methoxy groups -OCH3 is 1. The molecule has 0 aliphatic rings. The Bertz CT molecular complexity index is 586. The van der Waals surface area contributed by atoms with Crippen molar-refractivity contribution in [2.45, 2.75) is 13.0 Å². The number of hydrogen-bond acceptors (Lipinski definition) is 5. The molecule has 112 valence electrons. The van der Waals surface area contributed by atoms with E-state index in [1.165, 1.54) is 11.1 Å². The fraction of sp³-hybridized carbons (Fsp3) is 0.375. The van der Waals surface area contributed by atoms with Crippen LogP contribution in [0.2, 0.25) is 0 Å². The third-order valence-electron chi connectivity index (χ3n) is 3.37. The zero-order valence-corrected chi connectivity index (χ0v) is 13.0. The van der Waals surface area contributed by atoms with Crippen molar-refractivity contribution in [1.82, 2.24) is 14.9 Å². The first-order chi connectivity index (χ1) is 10.1. The lowest BCUT2D eigenvalue weighted by molar-refractivity contribution is 0.311. The maximum atomic E-state index is 5.21. The van der Waals surface area contributed by atoms with Crippen molar-refractivity contribution in [3.63, 3.8) is 0 Å². The van der Waals surface area contributed by atoms with E-state index < -0.39 is 0 Å². The molecule has 1 unspecified atom stereocenters. The minimum absolute atomic E-state index is 0.247. The molecular formula is C16H22N4O. The Kier molecular flexibility index (Phi) is 5.11. The number of nitrogens with zero attached hydrogens (tertiary/aromatic N) is 3. The Morgan fingerprint density at radius 3 is 2.67 bits per heavy atom. The van der Waals surface area contributed by atoms with Gasteiger partial charge in [0.25, 0.3) is 5.88 Å². The van der Waals surface area contributed by atoms with Crippen molar-refractivity contribution >= 4 is 5.82 Å². The van der Waals surface area contributed by atoms with Crippen LogP contribution in [-0.2, 0) is 0 Å². The molecule has 0 fully saturated rings. The SMILES string of the molecule is COc1nccnc1NCC(c1cccc(C)c1)N(C)C. The monoisotopic (exact) mass is 286 g/mol. The maximum Gasteiger partial charge on any atom is 0.257 e. The molecule has 5 nitrogen and oxygen atoms in total. The highest BCUT2D eigenvalue weighted by atomic mass is 16.5. The number of aryl methyl sites for hydroxylation is 1. The summed E-state index contributed by atoms with van der Waals surface area (Å²) in [7, 11) is 5.74. The highest BCUT2D eigenvalue weighted by molar-refractivity contribution is 5.45. The van der Waals surface area contributed by atoms with Gasteiger partial charge in [0.15, 0.2) is 5.82 Å². The van der Waals surface area contributed by atoms with Crippen molar-refractivity contribution < 1.29 is 4.74 Å². The van der Waals surface area contributed by atoms with Crippen LogP contribution in [0.4, 0.5) is 5.82 Å². The quantitative estimate of drug-likeness (QED) is 0.884. The molecule has 0 spiro atoms. The minimum Gasteiger partial charge on any atom is -0.478 e. The standard InChI is InChI=1S/C16H22N4O/c1-12-6-5-7-13(10-12)14(20(2)3)11-19-15-16(21-4)18-9-8-17-15/h5-10,14H,11H2,1-4H3,(H,17,19). The number of aromatic nitrogens is 2. The van der Waals surface area contributed by atoms with E-state index in [9.17, 15) is 0 Å². The van der Waals surface area contributed by atoms with Crippen LogP contribution in [0.25, 0.3) is 0 Å². The fourth-order valence-corrected chi connectivity index (χ4v) is 2.27. The maximum absolute atomic E-state index is 5.21. The van der Waals surface area contributed by atoms with Gasteiger partial charge >= 0.3 is 0 Å². The number of benzene rings is 1. The van der Waals surface area contributed by atoms with Crippen LogP contribution in [-0.4, -0.2) is 42.6 Å². The molecule has 0 aliphatic heterocycles. The Balaban J connectivity index is 2.14. The predicted molar refractivity (Wildman–Crippen MR) is 84.7 cm³/mol. The summed E-state index contributed by atoms with van der Waals surface area (Å²) in [5.74, 6) is 1.18. The Hall–Kier alpha value is -2.14. The molecule has 2 aromatic rings. The largest absolute Gasteiger partial charge is 0.478 e. The lowest BCUT2D eigenvalue weighted by Gasteiger charge is -2.25. The molecule has 5 heteroatoms. The third kappa shape index (κ3) is 3.92. The van der Waals surface area contributed by atoms with Gasteiger partial charge in [-0.1, -0.05) is 29.8 Å². The van der Waals surface area contributed by atoms with E-state index in [2.05, 4.69) is 65.5 Å². The first-order valence-corrected chi connectivity index (χ1v) is 6.93. The van der Waals surface area contributed by atoms with Gasteiger partial charge in [0.1, 0.15) is 0 Å². The molecule has 1 N–H and O–H groups in total. The zero-order chi connectivity index (χ0) is 15.2. The van der Waals surface area contributed by atoms with Crippen LogP contribution < -0.4 is 10.1 Å². The first-order valence-electron chi connectivity index (χ1n) is 6.93. The predicted octanol–water partition coefficient (Wildman–Crippen LogP) is 2.51. The summed E-state index contributed by atoms with van der Waals surface area (Å²) in [4.78, 5) is 10.6. The van der Waals surface area contributed by atoms with Crippen LogP contribution in [0.5, 0.6) is 5.88 Å². The van der Waals surface area contributed by atoms with Crippen LogP contribution in [0.15, 0.2) is 36.7 Å². The zero-order valence-electron chi connectivity index (χ0n) is 13.0. The molecule has 21 heavy (non-hydrogen) atoms. The van der Waals surface area contributed by atoms with Gasteiger partial charge in [-0.2, -0.15) is 0 Å². The van der Waals surface area contributed by atoms with E-state index >= 15 is 0 Å². The summed E-state index contributed by atoms with van der Waals surface area (Å²) in [6, 6.07) is 8.80. The summed E-state index contributed by atoms with van der Waals surface area (Å²) in [5.41, 5.74) is 2.53. The average Bonchev–Trinajstić information content (AvgIpc) is 2.47. The van der Waals surface area contributed by atoms with Gasteiger partial charge in [-0.05, 0) is 26.6 Å². The molecule has 1 heterocycles. The summed E-state index contributed by atoms with van der Waals surface area (Å²) in [6.07, 6.45) is 3.27. The van der Waals surface area contributed by atoms with Crippen LogP contribution >= 0.6 is 0 Å². The number of likely N-dealkylation sites (N-methyl/N-ethyl adjacent to an activating group) is 1. The number of nitrogens with one attached hydrogen (secondary N) is 1. The molecule has 0 amide bonds. The van der Waals surface area contributed by atoms with Crippen molar-refractivity contribution in [1.29, 1.82) is 0 Å². The second kappa shape index (κ2) is 7.04. The van der Waals surface area contributed by atoms with Crippen molar-refractivity contribution in [2.75, 3.05) is 33.1 Å². The van der Waals surface area contributed by atoms with Crippen LogP contribution in [0.3, 0.4) is 0 Å². The Morgan fingerprint density at radius 1 is 1.24 bits per heavy atom. The third-order valence-corrected chi connectivity index (χ3v) is 3.37. The second-order valence-corrected chi connectivity index (χ2v) is 5.19. The van der Waals surface area contributed by atoms with Crippen molar-refractivity contribution in [3.8, 4) is 5.88 Å². The van der Waals surface area contributed by atoms with Crippen LogP contribution in [0, 0.1) is 6.92 Å². The van der Waals surface area contributed by atoms with E-state index in [1.54, 1.807) is 19.5 Å². The van der Waals surface area contributed by atoms with E-state index in [-0.39, 0.29) is 6.04 Å². The van der Waals surface area contributed by atoms with Gasteiger partial charge < -0.3 is 15.0 Å². The summed E-state index contributed by atoms with van der Waals surface area (Å²) >= 11 is 0. The average molecular weight is 286 g/mol. The highest BCUT2D eigenvalue weighted by Crippen LogP contribution is 2.22. The lowest BCUT2D eigenvalue weighted by atomic mass is 10.0. The molecule has 1 aromatic heterocycles. The van der Waals surface area contributed by atoms with E-state index in [1.807, 2.05) is 0 Å². The van der Waals surface area contributed by atoms with E-state index in [0.29, 0.717) is 11.7 Å². The molecular weight excluding hydrogens is 264 g/mol. The number of rotatable bonds is 6. The molecule has 0 aliphatic carbocycles. The van der Waals surface area contributed by atoms with Crippen molar-refractivity contribution in [3.05, 3.63) is 47.8 Å². The smallest absolute Gasteiger partial charge is 0.257 e. The molecule has 0 saturated carbocycles. The number of hydrogen-bond donors (Lipinski definition) is 1. The van der Waals surface area contributed by atoms with E-state index in [0.717, 1.165) is 6.54 Å². The Labute approximate surface area is 126 Å². The van der Waals surface area contributed by atoms with Gasteiger partial charge in [0.2, 0.25) is 0 Å². The fourth-order valence-electron chi connectivity index (χ4n) is 2.27. The molecule has 1 aromatic carbocycles. The van der Waals surface area contributed by atoms with Gasteiger partial charge in [0, 0.05) is 18.9 Å². The van der Waals surface area contributed by atoms with Gasteiger partial charge in [-0.25, -0.2) is 9.97 Å². The van der Waals surface area contributed by atoms with Gasteiger partial charge in [-0.3, -0.25) is 0 Å². The topological polar surface area (TPSA) is 50.3 Å². The normalized spacial score (nSPS) is 12.2. The van der Waals surface area contributed by atoms with Crippen molar-refractivity contribution in [2.24, 2.45) is 0 Å². The molecule has 1 atom stereocenters.